The van der Waals surface area contributed by atoms with E-state index in [0.29, 0.717) is 0 Å². The van der Waals surface area contributed by atoms with Gasteiger partial charge in [0.05, 0.1) is 12.2 Å². The first-order valence-electron chi connectivity index (χ1n) is 8.06. The Kier molecular flexibility index (Phi) is 5.17. The third-order valence-corrected chi connectivity index (χ3v) is 3.88. The topological polar surface area (TPSA) is 85.2 Å². The molecule has 1 fully saturated rings. The van der Waals surface area contributed by atoms with Crippen LogP contribution < -0.4 is 5.32 Å². The molecule has 8 nitrogen and oxygen atoms in total. The van der Waals surface area contributed by atoms with Gasteiger partial charge in [0.1, 0.15) is 12.9 Å². The zero-order chi connectivity index (χ0) is 16.9. The number of hydrogen-bond acceptors (Lipinski definition) is 6. The van der Waals surface area contributed by atoms with E-state index in [1.807, 2.05) is 24.3 Å². The first-order valence-corrected chi connectivity index (χ1v) is 8.06. The van der Waals surface area contributed by atoms with Crippen LogP contribution >= 0.6 is 0 Å². The van der Waals surface area contributed by atoms with Crippen LogP contribution in [-0.2, 0) is 22.6 Å². The van der Waals surface area contributed by atoms with Gasteiger partial charge in [-0.1, -0.05) is 18.2 Å². The fourth-order valence-corrected chi connectivity index (χ4v) is 3.02. The molecule has 1 aromatic heterocycles. The van der Waals surface area contributed by atoms with Gasteiger partial charge in [-0.15, -0.1) is 5.10 Å². The lowest BCUT2D eigenvalue weighted by atomic mass is 10.1. The van der Waals surface area contributed by atoms with Gasteiger partial charge in [0.2, 0.25) is 5.91 Å². The van der Waals surface area contributed by atoms with E-state index in [2.05, 4.69) is 39.6 Å². The number of nitrogens with zero attached hydrogens (tertiary/aromatic N) is 5. The van der Waals surface area contributed by atoms with Crippen LogP contribution in [-0.4, -0.2) is 56.3 Å². The summed E-state index contributed by atoms with van der Waals surface area (Å²) in [6.07, 6.45) is 1.85. The Morgan fingerprint density at radius 3 is 2.75 bits per heavy atom. The number of amides is 1. The average Bonchev–Trinajstić information content (AvgIpc) is 3.01. The molecular weight excluding hydrogens is 308 g/mol. The zero-order valence-electron chi connectivity index (χ0n) is 13.9. The minimum atomic E-state index is -0.154. The highest BCUT2D eigenvalue weighted by atomic mass is 16.5. The van der Waals surface area contributed by atoms with Crippen molar-refractivity contribution < 1.29 is 9.53 Å². The Bertz CT molecular complexity index is 665. The summed E-state index contributed by atoms with van der Waals surface area (Å²) >= 11 is 0. The molecule has 1 N–H and O–H groups in total. The van der Waals surface area contributed by atoms with Gasteiger partial charge in [0, 0.05) is 25.3 Å². The van der Waals surface area contributed by atoms with Gasteiger partial charge >= 0.3 is 0 Å². The minimum Gasteiger partial charge on any atom is -0.373 e. The molecule has 1 amide bonds. The van der Waals surface area contributed by atoms with Crippen LogP contribution in [0.1, 0.15) is 19.4 Å². The fraction of sp³-hybridized carbons (Fsp3) is 0.500. The summed E-state index contributed by atoms with van der Waals surface area (Å²) < 4.78 is 7.17. The number of carbonyl (C=O) groups is 1. The normalized spacial score (nSPS) is 21.6. The van der Waals surface area contributed by atoms with Gasteiger partial charge in [-0.05, 0) is 35.9 Å². The maximum absolute atomic E-state index is 12.2. The quantitative estimate of drug-likeness (QED) is 0.877. The molecule has 2 atom stereocenters. The van der Waals surface area contributed by atoms with Crippen molar-refractivity contribution in [3.05, 3.63) is 36.2 Å². The lowest BCUT2D eigenvalue weighted by Crippen LogP contribution is -2.44. The Morgan fingerprint density at radius 1 is 1.29 bits per heavy atom. The molecule has 1 saturated heterocycles. The van der Waals surface area contributed by atoms with E-state index >= 15 is 0 Å². The predicted molar refractivity (Wildman–Crippen MR) is 88.2 cm³/mol. The lowest BCUT2D eigenvalue weighted by Gasteiger charge is -2.35. The summed E-state index contributed by atoms with van der Waals surface area (Å²) in [6.45, 7) is 6.81. The third kappa shape index (κ3) is 4.36. The Morgan fingerprint density at radius 2 is 2.04 bits per heavy atom. The van der Waals surface area contributed by atoms with Crippen molar-refractivity contribution in [3.63, 3.8) is 0 Å². The van der Waals surface area contributed by atoms with Gasteiger partial charge in [-0.25, -0.2) is 4.68 Å². The molecular formula is C16H22N6O2. The number of benzene rings is 1. The first-order chi connectivity index (χ1) is 11.6. The summed E-state index contributed by atoms with van der Waals surface area (Å²) in [7, 11) is 0. The fourth-order valence-electron chi connectivity index (χ4n) is 3.02. The van der Waals surface area contributed by atoms with Crippen molar-refractivity contribution in [2.24, 2.45) is 0 Å². The molecule has 3 rings (SSSR count). The van der Waals surface area contributed by atoms with Crippen molar-refractivity contribution >= 4 is 11.6 Å². The molecule has 0 radical (unpaired) electrons. The summed E-state index contributed by atoms with van der Waals surface area (Å²) in [5, 5.41) is 13.7. The van der Waals surface area contributed by atoms with Crippen molar-refractivity contribution in [3.8, 4) is 0 Å². The Balaban J connectivity index is 1.65. The SMILES string of the molecule is CC1CN(Cc2ccccc2NC(=O)Cn2cnnn2)CC(C)O1. The molecule has 0 saturated carbocycles. The maximum Gasteiger partial charge on any atom is 0.246 e. The largest absolute Gasteiger partial charge is 0.373 e. The number of aromatic nitrogens is 4. The molecule has 1 aliphatic heterocycles. The number of hydrogen-bond donors (Lipinski definition) is 1. The Hall–Kier alpha value is -2.32. The van der Waals surface area contributed by atoms with Crippen LogP contribution in [0.3, 0.4) is 0 Å². The van der Waals surface area contributed by atoms with Crippen molar-refractivity contribution in [2.75, 3.05) is 18.4 Å². The van der Waals surface area contributed by atoms with Crippen LogP contribution in [0.25, 0.3) is 0 Å². The highest BCUT2D eigenvalue weighted by Crippen LogP contribution is 2.20. The highest BCUT2D eigenvalue weighted by molar-refractivity contribution is 5.91. The number of tetrazole rings is 1. The predicted octanol–water partition coefficient (Wildman–Crippen LogP) is 0.921. The standard InChI is InChI=1S/C16H22N6O2/c1-12-7-21(8-13(2)24-12)9-14-5-3-4-6-15(14)18-16(23)10-22-11-17-19-20-22/h3-6,11-13H,7-10H2,1-2H3,(H,18,23). The molecule has 8 heteroatoms. The van der Waals surface area contributed by atoms with Crippen LogP contribution in [0.4, 0.5) is 5.69 Å². The van der Waals surface area contributed by atoms with E-state index in [0.717, 1.165) is 30.9 Å². The highest BCUT2D eigenvalue weighted by Gasteiger charge is 2.22. The van der Waals surface area contributed by atoms with Crippen molar-refractivity contribution in [1.29, 1.82) is 0 Å². The molecule has 0 bridgehead atoms. The number of rotatable bonds is 5. The van der Waals surface area contributed by atoms with Crippen LogP contribution in [0, 0.1) is 0 Å². The molecule has 2 aromatic rings. The van der Waals surface area contributed by atoms with Crippen LogP contribution in [0.2, 0.25) is 0 Å². The van der Waals surface area contributed by atoms with E-state index in [9.17, 15) is 4.79 Å². The van der Waals surface area contributed by atoms with Crippen LogP contribution in [0.15, 0.2) is 30.6 Å². The second-order valence-electron chi connectivity index (χ2n) is 6.16. The number of para-hydroxylation sites is 1. The number of ether oxygens (including phenoxy) is 1. The third-order valence-electron chi connectivity index (χ3n) is 3.88. The van der Waals surface area contributed by atoms with Gasteiger partial charge in [-0.3, -0.25) is 9.69 Å². The van der Waals surface area contributed by atoms with Crippen LogP contribution in [0.5, 0.6) is 0 Å². The molecule has 0 spiro atoms. The van der Waals surface area contributed by atoms with E-state index in [1.165, 1.54) is 11.0 Å². The van der Waals surface area contributed by atoms with Gasteiger partial charge < -0.3 is 10.1 Å². The maximum atomic E-state index is 12.2. The summed E-state index contributed by atoms with van der Waals surface area (Å²) in [5.41, 5.74) is 1.91. The van der Waals surface area contributed by atoms with E-state index in [4.69, 9.17) is 4.74 Å². The second-order valence-corrected chi connectivity index (χ2v) is 6.16. The van der Waals surface area contributed by atoms with E-state index < -0.39 is 0 Å². The van der Waals surface area contributed by atoms with Crippen molar-refractivity contribution in [2.45, 2.75) is 39.1 Å². The first kappa shape index (κ1) is 16.5. The summed E-state index contributed by atoms with van der Waals surface area (Å²) in [5.74, 6) is -0.154. The number of anilines is 1. The van der Waals surface area contributed by atoms with Gasteiger partial charge in [0.15, 0.2) is 0 Å². The lowest BCUT2D eigenvalue weighted by molar-refractivity contribution is -0.117. The van der Waals surface area contributed by atoms with E-state index in [1.54, 1.807) is 0 Å². The second kappa shape index (κ2) is 7.50. The smallest absolute Gasteiger partial charge is 0.246 e. The molecule has 128 valence electrons. The summed E-state index contributed by atoms with van der Waals surface area (Å²) in [4.78, 5) is 14.5. The van der Waals surface area contributed by atoms with Crippen molar-refractivity contribution in [1.82, 2.24) is 25.1 Å². The van der Waals surface area contributed by atoms with Gasteiger partial charge in [-0.2, -0.15) is 0 Å². The molecule has 2 heterocycles. The molecule has 1 aromatic carbocycles. The Labute approximate surface area is 140 Å². The van der Waals surface area contributed by atoms with Gasteiger partial charge in [0.25, 0.3) is 0 Å². The molecule has 2 unspecified atom stereocenters. The number of morpholine rings is 1. The molecule has 0 aliphatic carbocycles. The molecule has 1 aliphatic rings. The average molecular weight is 330 g/mol. The number of nitrogens with one attached hydrogen (secondary N) is 1. The number of carbonyl (C=O) groups excluding carboxylic acids is 1. The summed E-state index contributed by atoms with van der Waals surface area (Å²) in [6, 6.07) is 7.86. The minimum absolute atomic E-state index is 0.0902. The zero-order valence-corrected chi connectivity index (χ0v) is 13.9. The molecule has 24 heavy (non-hydrogen) atoms. The monoisotopic (exact) mass is 330 g/mol. The van der Waals surface area contributed by atoms with E-state index in [-0.39, 0.29) is 24.7 Å².